The van der Waals surface area contributed by atoms with Gasteiger partial charge in [0.15, 0.2) is 0 Å². The van der Waals surface area contributed by atoms with Gasteiger partial charge in [-0.3, -0.25) is 4.79 Å². The monoisotopic (exact) mass is 332 g/mol. The largest absolute Gasteiger partial charge is 0.325 e. The van der Waals surface area contributed by atoms with E-state index in [9.17, 15) is 13.2 Å². The van der Waals surface area contributed by atoms with Crippen molar-refractivity contribution >= 4 is 21.6 Å². The fourth-order valence-corrected chi connectivity index (χ4v) is 3.29. The third-order valence-electron chi connectivity index (χ3n) is 3.36. The summed E-state index contributed by atoms with van der Waals surface area (Å²) < 4.78 is 26.6. The van der Waals surface area contributed by atoms with Crippen LogP contribution in [0.5, 0.6) is 0 Å². The lowest BCUT2D eigenvalue weighted by atomic mass is 10.1. The predicted octanol–water partition coefficient (Wildman–Crippen LogP) is 2.36. The first-order chi connectivity index (χ1) is 10.9. The fraction of sp³-hybridized carbons (Fsp3) is 0.235. The van der Waals surface area contributed by atoms with Crippen LogP contribution in [0.15, 0.2) is 48.5 Å². The van der Waals surface area contributed by atoms with Crippen LogP contribution in [0.2, 0.25) is 0 Å². The van der Waals surface area contributed by atoms with Crippen LogP contribution in [0.1, 0.15) is 16.7 Å². The van der Waals surface area contributed by atoms with Crippen LogP contribution in [0.3, 0.4) is 0 Å². The third kappa shape index (κ3) is 5.50. The highest BCUT2D eigenvalue weighted by molar-refractivity contribution is 7.88. The van der Waals surface area contributed by atoms with E-state index in [1.165, 1.54) is 0 Å². The van der Waals surface area contributed by atoms with Crippen LogP contribution in [-0.2, 0) is 20.6 Å². The number of sulfonamides is 1. The number of hydrogen-bond acceptors (Lipinski definition) is 3. The van der Waals surface area contributed by atoms with Crippen molar-refractivity contribution in [2.24, 2.45) is 0 Å². The molecule has 0 unspecified atom stereocenters. The van der Waals surface area contributed by atoms with Crippen LogP contribution >= 0.6 is 0 Å². The number of carbonyl (C=O) groups is 1. The van der Waals surface area contributed by atoms with E-state index in [1.54, 1.807) is 24.3 Å². The Labute approximate surface area is 136 Å². The summed E-state index contributed by atoms with van der Waals surface area (Å²) in [6.45, 7) is 3.49. The molecule has 5 nitrogen and oxygen atoms in total. The van der Waals surface area contributed by atoms with Crippen molar-refractivity contribution in [3.05, 3.63) is 65.2 Å². The first-order valence-electron chi connectivity index (χ1n) is 7.24. The molecule has 6 heteroatoms. The molecule has 0 aromatic heterocycles. The second-order valence-electron chi connectivity index (χ2n) is 5.42. The lowest BCUT2D eigenvalue weighted by molar-refractivity contribution is -0.115. The van der Waals surface area contributed by atoms with Gasteiger partial charge in [-0.1, -0.05) is 42.0 Å². The maximum atomic E-state index is 12.1. The highest BCUT2D eigenvalue weighted by Crippen LogP contribution is 2.13. The molecule has 0 fully saturated rings. The van der Waals surface area contributed by atoms with E-state index in [-0.39, 0.29) is 12.3 Å². The first-order valence-corrected chi connectivity index (χ1v) is 8.89. The maximum absolute atomic E-state index is 12.1. The Hall–Kier alpha value is -2.18. The molecule has 2 N–H and O–H groups in total. The zero-order valence-corrected chi connectivity index (χ0v) is 14.0. The second kappa shape index (κ2) is 7.39. The molecule has 0 saturated heterocycles. The molecule has 0 atom stereocenters. The zero-order chi connectivity index (χ0) is 16.9. The minimum atomic E-state index is -3.57. The molecule has 0 aliphatic rings. The van der Waals surface area contributed by atoms with Crippen molar-refractivity contribution in [3.8, 4) is 0 Å². The minimum Gasteiger partial charge on any atom is -0.325 e. The summed E-state index contributed by atoms with van der Waals surface area (Å²) in [6.07, 6.45) is 0. The number of benzene rings is 2. The molecule has 0 aliphatic heterocycles. The van der Waals surface area contributed by atoms with Gasteiger partial charge >= 0.3 is 0 Å². The van der Waals surface area contributed by atoms with Gasteiger partial charge in [-0.25, -0.2) is 13.1 Å². The highest BCUT2D eigenvalue weighted by atomic mass is 32.2. The van der Waals surface area contributed by atoms with E-state index in [0.717, 1.165) is 16.7 Å². The van der Waals surface area contributed by atoms with Gasteiger partial charge in [0.1, 0.15) is 0 Å². The second-order valence-corrected chi connectivity index (χ2v) is 7.23. The number of nitrogens with one attached hydrogen (secondary N) is 2. The molecule has 0 saturated carbocycles. The molecule has 122 valence electrons. The van der Waals surface area contributed by atoms with Gasteiger partial charge in [-0.15, -0.1) is 0 Å². The molecule has 2 aromatic rings. The Morgan fingerprint density at radius 1 is 1.04 bits per heavy atom. The molecule has 2 aromatic carbocycles. The van der Waals surface area contributed by atoms with Crippen molar-refractivity contribution < 1.29 is 13.2 Å². The Morgan fingerprint density at radius 2 is 1.74 bits per heavy atom. The molecule has 0 heterocycles. The Bertz CT molecular complexity index is 787. The first kappa shape index (κ1) is 17.2. The number of para-hydroxylation sites is 1. The van der Waals surface area contributed by atoms with Crippen molar-refractivity contribution in [3.63, 3.8) is 0 Å². The molecule has 2 rings (SSSR count). The average molecular weight is 332 g/mol. The van der Waals surface area contributed by atoms with Crippen LogP contribution in [0.4, 0.5) is 5.69 Å². The molecule has 0 aliphatic carbocycles. The molecule has 1 amide bonds. The molecule has 0 bridgehead atoms. The van der Waals surface area contributed by atoms with E-state index in [0.29, 0.717) is 5.69 Å². The minimum absolute atomic E-state index is 0.140. The molecule has 23 heavy (non-hydrogen) atoms. The number of anilines is 1. The van der Waals surface area contributed by atoms with Gasteiger partial charge in [-0.2, -0.15) is 0 Å². The van der Waals surface area contributed by atoms with Crippen LogP contribution in [-0.4, -0.2) is 20.9 Å². The summed E-state index contributed by atoms with van der Waals surface area (Å²) in [4.78, 5) is 11.8. The fourth-order valence-electron chi connectivity index (χ4n) is 2.11. The van der Waals surface area contributed by atoms with Crippen molar-refractivity contribution in [2.75, 3.05) is 11.9 Å². The Kier molecular flexibility index (Phi) is 5.52. The van der Waals surface area contributed by atoms with Crippen LogP contribution in [0, 0.1) is 13.8 Å². The van der Waals surface area contributed by atoms with Gasteiger partial charge in [-0.05, 0) is 37.1 Å². The molecule has 0 radical (unpaired) electrons. The SMILES string of the molecule is Cc1ccc(C)c(CS(=O)(=O)NCC(=O)Nc2ccccc2)c1. The smallest absolute Gasteiger partial charge is 0.239 e. The van der Waals surface area contributed by atoms with Gasteiger partial charge in [0.25, 0.3) is 0 Å². The van der Waals surface area contributed by atoms with Gasteiger partial charge in [0.05, 0.1) is 12.3 Å². The van der Waals surface area contributed by atoms with Crippen LogP contribution < -0.4 is 10.0 Å². The molecular weight excluding hydrogens is 312 g/mol. The Morgan fingerprint density at radius 3 is 2.43 bits per heavy atom. The number of hydrogen-bond donors (Lipinski definition) is 2. The highest BCUT2D eigenvalue weighted by Gasteiger charge is 2.15. The van der Waals surface area contributed by atoms with Crippen molar-refractivity contribution in [2.45, 2.75) is 19.6 Å². The van der Waals surface area contributed by atoms with E-state index in [4.69, 9.17) is 0 Å². The van der Waals surface area contributed by atoms with Gasteiger partial charge < -0.3 is 5.32 Å². The number of carbonyl (C=O) groups excluding carboxylic acids is 1. The lowest BCUT2D eigenvalue weighted by Crippen LogP contribution is -2.33. The van der Waals surface area contributed by atoms with Crippen molar-refractivity contribution in [1.82, 2.24) is 4.72 Å². The predicted molar refractivity (Wildman–Crippen MR) is 91.6 cm³/mol. The van der Waals surface area contributed by atoms with E-state index in [2.05, 4.69) is 10.0 Å². The standard InChI is InChI=1S/C17H20N2O3S/c1-13-8-9-14(2)15(10-13)12-23(21,22)18-11-17(20)19-16-6-4-3-5-7-16/h3-10,18H,11-12H2,1-2H3,(H,19,20). The molecule has 0 spiro atoms. The number of rotatable bonds is 6. The average Bonchev–Trinajstić information content (AvgIpc) is 2.50. The van der Waals surface area contributed by atoms with E-state index >= 15 is 0 Å². The summed E-state index contributed by atoms with van der Waals surface area (Å²) >= 11 is 0. The topological polar surface area (TPSA) is 75.3 Å². The normalized spacial score (nSPS) is 11.2. The summed E-state index contributed by atoms with van der Waals surface area (Å²) in [5.41, 5.74) is 3.28. The summed E-state index contributed by atoms with van der Waals surface area (Å²) in [7, 11) is -3.57. The number of aryl methyl sites for hydroxylation is 2. The summed E-state index contributed by atoms with van der Waals surface area (Å²) in [5.74, 6) is -0.542. The van der Waals surface area contributed by atoms with E-state index < -0.39 is 15.9 Å². The lowest BCUT2D eigenvalue weighted by Gasteiger charge is -2.10. The summed E-state index contributed by atoms with van der Waals surface area (Å²) in [6, 6.07) is 14.6. The third-order valence-corrected chi connectivity index (χ3v) is 4.64. The zero-order valence-electron chi connectivity index (χ0n) is 13.2. The summed E-state index contributed by atoms with van der Waals surface area (Å²) in [5, 5.41) is 2.63. The molecular formula is C17H20N2O3S. The van der Waals surface area contributed by atoms with Crippen molar-refractivity contribution in [1.29, 1.82) is 0 Å². The Balaban J connectivity index is 1.93. The van der Waals surface area contributed by atoms with E-state index in [1.807, 2.05) is 38.1 Å². The number of amides is 1. The quantitative estimate of drug-likeness (QED) is 0.853. The van der Waals surface area contributed by atoms with Gasteiger partial charge in [0, 0.05) is 5.69 Å². The maximum Gasteiger partial charge on any atom is 0.239 e. The van der Waals surface area contributed by atoms with Gasteiger partial charge in [0.2, 0.25) is 15.9 Å². The van der Waals surface area contributed by atoms with Crippen LogP contribution in [0.25, 0.3) is 0 Å².